The van der Waals surface area contributed by atoms with Crippen molar-refractivity contribution in [3.05, 3.63) is 22.4 Å². The molecule has 4 rings (SSSR count). The average Bonchev–Trinajstić information content (AvgIpc) is 3.17. The van der Waals surface area contributed by atoms with Crippen LogP contribution in [-0.2, 0) is 9.59 Å². The summed E-state index contributed by atoms with van der Waals surface area (Å²) in [7, 11) is 0. The number of carboxylic acids is 1. The molecule has 1 atom stereocenters. The number of nitrogens with zero attached hydrogens (tertiary/aromatic N) is 2. The summed E-state index contributed by atoms with van der Waals surface area (Å²) < 4.78 is 0. The number of likely N-dealkylation sites (tertiary alicyclic amines) is 2. The second-order valence-electron chi connectivity index (χ2n) is 7.57. The maximum Gasteiger partial charge on any atom is 0.326 e. The van der Waals surface area contributed by atoms with Gasteiger partial charge in [-0.3, -0.25) is 9.59 Å². The minimum atomic E-state index is -0.932. The summed E-state index contributed by atoms with van der Waals surface area (Å²) in [6.07, 6.45) is 4.06. The fourth-order valence-electron chi connectivity index (χ4n) is 4.18. The van der Waals surface area contributed by atoms with E-state index in [1.54, 1.807) is 6.07 Å². The van der Waals surface area contributed by atoms with Crippen molar-refractivity contribution in [2.45, 2.75) is 38.1 Å². The van der Waals surface area contributed by atoms with Gasteiger partial charge in [0.25, 0.3) is 5.91 Å². The largest absolute Gasteiger partial charge is 0.480 e. The Balaban J connectivity index is 1.47. The number of thiophene rings is 1. The van der Waals surface area contributed by atoms with Crippen LogP contribution in [0.25, 0.3) is 0 Å². The van der Waals surface area contributed by atoms with Crippen molar-refractivity contribution in [2.24, 2.45) is 11.3 Å². The predicted molar refractivity (Wildman–Crippen MR) is 92.4 cm³/mol. The molecule has 2 saturated heterocycles. The molecule has 6 nitrogen and oxygen atoms in total. The summed E-state index contributed by atoms with van der Waals surface area (Å²) in [6, 6.07) is 2.79. The van der Waals surface area contributed by atoms with Crippen LogP contribution in [0.3, 0.4) is 0 Å². The first-order chi connectivity index (χ1) is 12.0. The Labute approximate surface area is 150 Å². The molecular weight excluding hydrogens is 340 g/mol. The Morgan fingerprint density at radius 1 is 1.20 bits per heavy atom. The second kappa shape index (κ2) is 6.12. The minimum absolute atomic E-state index is 0.170. The lowest BCUT2D eigenvalue weighted by molar-refractivity contribution is -0.141. The number of hydrogen-bond donors (Lipinski definition) is 1. The zero-order valence-electron chi connectivity index (χ0n) is 14.0. The van der Waals surface area contributed by atoms with Crippen LogP contribution in [0.4, 0.5) is 0 Å². The van der Waals surface area contributed by atoms with Crippen LogP contribution >= 0.6 is 11.3 Å². The zero-order valence-corrected chi connectivity index (χ0v) is 14.8. The highest BCUT2D eigenvalue weighted by Crippen LogP contribution is 2.45. The molecule has 7 heteroatoms. The number of piperidine rings is 1. The number of rotatable bonds is 3. The summed E-state index contributed by atoms with van der Waals surface area (Å²) in [5, 5.41) is 11.4. The summed E-state index contributed by atoms with van der Waals surface area (Å²) in [4.78, 5) is 40.7. The Kier molecular flexibility index (Phi) is 4.06. The molecule has 1 aromatic rings. The van der Waals surface area contributed by atoms with E-state index in [1.807, 2.05) is 16.3 Å². The monoisotopic (exact) mass is 362 g/mol. The summed E-state index contributed by atoms with van der Waals surface area (Å²) in [6.45, 7) is 1.84. The van der Waals surface area contributed by atoms with Gasteiger partial charge in [-0.25, -0.2) is 4.79 Å². The van der Waals surface area contributed by atoms with Crippen LogP contribution in [0.2, 0.25) is 0 Å². The molecule has 2 amide bonds. The maximum atomic E-state index is 12.7. The van der Waals surface area contributed by atoms with Crippen molar-refractivity contribution in [2.75, 3.05) is 19.6 Å². The first kappa shape index (κ1) is 16.6. The molecule has 1 aliphatic carbocycles. The number of carboxylic acid groups (broad SMARTS) is 1. The number of carbonyl (C=O) groups excluding carboxylic acids is 2. The van der Waals surface area contributed by atoms with Gasteiger partial charge < -0.3 is 14.9 Å². The van der Waals surface area contributed by atoms with Crippen molar-refractivity contribution in [3.63, 3.8) is 0 Å². The molecule has 1 saturated carbocycles. The van der Waals surface area contributed by atoms with Gasteiger partial charge in [-0.05, 0) is 49.0 Å². The molecule has 3 fully saturated rings. The Morgan fingerprint density at radius 2 is 1.92 bits per heavy atom. The molecule has 0 unspecified atom stereocenters. The Bertz CT molecular complexity index is 690. The smallest absolute Gasteiger partial charge is 0.326 e. The first-order valence-corrected chi connectivity index (χ1v) is 9.73. The van der Waals surface area contributed by atoms with Crippen molar-refractivity contribution in [1.82, 2.24) is 9.80 Å². The van der Waals surface area contributed by atoms with E-state index in [0.29, 0.717) is 30.9 Å². The van der Waals surface area contributed by atoms with Gasteiger partial charge >= 0.3 is 5.97 Å². The molecular formula is C18H22N2O4S. The molecule has 3 aliphatic rings. The van der Waals surface area contributed by atoms with Crippen molar-refractivity contribution >= 4 is 29.1 Å². The van der Waals surface area contributed by atoms with Gasteiger partial charge in [0.2, 0.25) is 5.91 Å². The van der Waals surface area contributed by atoms with Crippen LogP contribution in [0.1, 0.15) is 41.8 Å². The lowest BCUT2D eigenvalue weighted by atomic mass is 9.76. The molecule has 25 heavy (non-hydrogen) atoms. The van der Waals surface area contributed by atoms with Gasteiger partial charge in [-0.15, -0.1) is 11.3 Å². The van der Waals surface area contributed by atoms with Gasteiger partial charge in [-0.1, -0.05) is 6.07 Å². The van der Waals surface area contributed by atoms with Gasteiger partial charge in [-0.2, -0.15) is 0 Å². The SMILES string of the molecule is O=C(O)[C@@H]1CC2(CCN(C(=O)C3CC3)CC2)CN1C(=O)c1cccs1. The van der Waals surface area contributed by atoms with Crippen molar-refractivity contribution < 1.29 is 19.5 Å². The van der Waals surface area contributed by atoms with Crippen molar-refractivity contribution in [1.29, 1.82) is 0 Å². The van der Waals surface area contributed by atoms with E-state index in [0.717, 1.165) is 25.7 Å². The molecule has 134 valence electrons. The van der Waals surface area contributed by atoms with E-state index < -0.39 is 12.0 Å². The lowest BCUT2D eigenvalue weighted by Crippen LogP contribution is -2.45. The number of carbonyl (C=O) groups is 3. The number of aliphatic carboxylic acids is 1. The quantitative estimate of drug-likeness (QED) is 0.893. The van der Waals surface area contributed by atoms with Gasteiger partial charge in [0.1, 0.15) is 6.04 Å². The normalized spacial score (nSPS) is 25.4. The highest BCUT2D eigenvalue weighted by atomic mass is 32.1. The van der Waals surface area contributed by atoms with E-state index in [9.17, 15) is 19.5 Å². The van der Waals surface area contributed by atoms with Crippen LogP contribution in [0.15, 0.2) is 17.5 Å². The maximum absolute atomic E-state index is 12.7. The third kappa shape index (κ3) is 3.05. The zero-order chi connectivity index (χ0) is 17.6. The van der Waals surface area contributed by atoms with Crippen molar-refractivity contribution in [3.8, 4) is 0 Å². The predicted octanol–water partition coefficient (Wildman–Crippen LogP) is 2.07. The van der Waals surface area contributed by atoms with Crippen LogP contribution in [-0.4, -0.2) is 58.4 Å². The third-order valence-electron chi connectivity index (χ3n) is 5.85. The Hall–Kier alpha value is -1.89. The van der Waals surface area contributed by atoms with E-state index in [2.05, 4.69) is 0 Å². The average molecular weight is 362 g/mol. The summed E-state index contributed by atoms with van der Waals surface area (Å²) in [5.74, 6) is -0.635. The van der Waals surface area contributed by atoms with E-state index in [4.69, 9.17) is 0 Å². The fraction of sp³-hybridized carbons (Fsp3) is 0.611. The van der Waals surface area contributed by atoms with E-state index in [-0.39, 0.29) is 23.1 Å². The molecule has 0 aromatic carbocycles. The molecule has 1 spiro atoms. The van der Waals surface area contributed by atoms with E-state index >= 15 is 0 Å². The molecule has 0 bridgehead atoms. The summed E-state index contributed by atoms with van der Waals surface area (Å²) in [5.41, 5.74) is -0.170. The Morgan fingerprint density at radius 3 is 2.48 bits per heavy atom. The van der Waals surface area contributed by atoms with Gasteiger partial charge in [0.05, 0.1) is 4.88 Å². The highest BCUT2D eigenvalue weighted by molar-refractivity contribution is 7.12. The van der Waals surface area contributed by atoms with E-state index in [1.165, 1.54) is 16.2 Å². The minimum Gasteiger partial charge on any atom is -0.480 e. The molecule has 0 radical (unpaired) electrons. The summed E-state index contributed by atoms with van der Waals surface area (Å²) >= 11 is 1.34. The molecule has 2 aliphatic heterocycles. The number of amides is 2. The number of hydrogen-bond acceptors (Lipinski definition) is 4. The van der Waals surface area contributed by atoms with Gasteiger partial charge in [0.15, 0.2) is 0 Å². The fourth-order valence-corrected chi connectivity index (χ4v) is 4.86. The topological polar surface area (TPSA) is 77.9 Å². The molecule has 1 N–H and O–H groups in total. The van der Waals surface area contributed by atoms with Crippen LogP contribution < -0.4 is 0 Å². The highest BCUT2D eigenvalue weighted by Gasteiger charge is 2.50. The third-order valence-corrected chi connectivity index (χ3v) is 6.71. The molecule has 1 aromatic heterocycles. The lowest BCUT2D eigenvalue weighted by Gasteiger charge is -2.39. The van der Waals surface area contributed by atoms with Crippen LogP contribution in [0, 0.1) is 11.3 Å². The first-order valence-electron chi connectivity index (χ1n) is 8.85. The standard InChI is InChI=1S/C18H22N2O4S/c21-15(12-3-4-12)19-7-5-18(6-8-19)10-13(17(23)24)20(11-18)16(22)14-2-1-9-25-14/h1-2,9,12-13H,3-8,10-11H2,(H,23,24)/t13-/m0/s1. The molecule has 3 heterocycles. The van der Waals surface area contributed by atoms with Crippen LogP contribution in [0.5, 0.6) is 0 Å². The van der Waals surface area contributed by atoms with Gasteiger partial charge in [0, 0.05) is 25.6 Å². The second-order valence-corrected chi connectivity index (χ2v) is 8.52.